The summed E-state index contributed by atoms with van der Waals surface area (Å²) >= 11 is 0. The van der Waals surface area contributed by atoms with E-state index in [-0.39, 0.29) is 5.56 Å². The second kappa shape index (κ2) is 6.13. The fraction of sp³-hybridized carbons (Fsp3) is 0.273. The molecule has 1 fully saturated rings. The highest BCUT2D eigenvalue weighted by atomic mass is 16.1. The molecule has 0 N–H and O–H groups in total. The van der Waals surface area contributed by atoms with Crippen molar-refractivity contribution in [1.82, 2.24) is 14.3 Å². The highest BCUT2D eigenvalue weighted by molar-refractivity contribution is 5.93. The number of hydrogen-bond acceptors (Lipinski definition) is 2. The maximum atomic E-state index is 13.1. The van der Waals surface area contributed by atoms with Crippen LogP contribution in [0.25, 0.3) is 27.8 Å². The molecule has 1 saturated carbocycles. The van der Waals surface area contributed by atoms with E-state index in [1.165, 1.54) is 42.3 Å². The number of hydrogen-bond donors (Lipinski definition) is 0. The number of aromatic nitrogens is 3. The average molecular weight is 343 g/mol. The minimum Gasteiger partial charge on any atom is -0.343 e. The Hall–Kier alpha value is -2.88. The molecule has 2 aliphatic heterocycles. The Bertz CT molecular complexity index is 1090. The van der Waals surface area contributed by atoms with E-state index in [1.54, 1.807) is 0 Å². The molecule has 0 unspecified atom stereocenters. The summed E-state index contributed by atoms with van der Waals surface area (Å²) in [6.07, 6.45) is 8.25. The van der Waals surface area contributed by atoms with E-state index in [2.05, 4.69) is 27.9 Å². The average Bonchev–Trinajstić information content (AvgIpc) is 3.05. The van der Waals surface area contributed by atoms with Crippen molar-refractivity contribution >= 4 is 10.9 Å². The molecule has 0 aromatic heterocycles. The summed E-state index contributed by atoms with van der Waals surface area (Å²) in [6.45, 7) is 0. The Morgan fingerprint density at radius 3 is 2.42 bits per heavy atom. The molecule has 130 valence electrons. The number of pyridine rings is 1. The Morgan fingerprint density at radius 2 is 1.62 bits per heavy atom. The predicted octanol–water partition coefficient (Wildman–Crippen LogP) is 4.80. The van der Waals surface area contributed by atoms with Crippen molar-refractivity contribution in [3.05, 3.63) is 71.1 Å². The number of fused-ring (bicyclic) bond motifs is 3. The van der Waals surface area contributed by atoms with Crippen molar-refractivity contribution < 1.29 is 0 Å². The van der Waals surface area contributed by atoms with Gasteiger partial charge in [0.25, 0.3) is 5.56 Å². The van der Waals surface area contributed by atoms with E-state index in [1.807, 2.05) is 42.6 Å². The van der Waals surface area contributed by atoms with E-state index in [9.17, 15) is 4.79 Å². The summed E-state index contributed by atoms with van der Waals surface area (Å²) < 4.78 is 3.86. The van der Waals surface area contributed by atoms with E-state index < -0.39 is 0 Å². The van der Waals surface area contributed by atoms with Gasteiger partial charge in [-0.05, 0) is 31.0 Å². The van der Waals surface area contributed by atoms with Crippen LogP contribution in [0.1, 0.15) is 38.1 Å². The SMILES string of the molecule is O=c1c2cn(C3CCCCC3)c3ccccc3c-2nn1-c1ccccc1. The first-order valence-electron chi connectivity index (χ1n) is 9.41. The number of nitrogens with zero attached hydrogens (tertiary/aromatic N) is 3. The van der Waals surface area contributed by atoms with Crippen LogP contribution in [-0.4, -0.2) is 14.3 Å². The highest BCUT2D eigenvalue weighted by Crippen LogP contribution is 2.35. The smallest absolute Gasteiger partial charge is 0.282 e. The highest BCUT2D eigenvalue weighted by Gasteiger charge is 2.23. The zero-order chi connectivity index (χ0) is 17.5. The zero-order valence-corrected chi connectivity index (χ0v) is 14.6. The maximum Gasteiger partial charge on any atom is 0.282 e. The van der Waals surface area contributed by atoms with Crippen molar-refractivity contribution in [3.63, 3.8) is 0 Å². The van der Waals surface area contributed by atoms with Crippen LogP contribution < -0.4 is 5.56 Å². The van der Waals surface area contributed by atoms with Crippen molar-refractivity contribution in [2.75, 3.05) is 0 Å². The molecule has 0 atom stereocenters. The van der Waals surface area contributed by atoms with Gasteiger partial charge in [-0.25, -0.2) is 0 Å². The largest absolute Gasteiger partial charge is 0.343 e. The summed E-state index contributed by atoms with van der Waals surface area (Å²) in [5.74, 6) is 0. The van der Waals surface area contributed by atoms with Crippen LogP contribution in [0.5, 0.6) is 0 Å². The van der Waals surface area contributed by atoms with Gasteiger partial charge in [0.2, 0.25) is 0 Å². The molecule has 0 radical (unpaired) electrons. The molecule has 4 heteroatoms. The number of para-hydroxylation sites is 2. The van der Waals surface area contributed by atoms with Crippen molar-refractivity contribution in [1.29, 1.82) is 0 Å². The summed E-state index contributed by atoms with van der Waals surface area (Å²) in [7, 11) is 0. The molecule has 26 heavy (non-hydrogen) atoms. The lowest BCUT2D eigenvalue weighted by Gasteiger charge is -2.27. The van der Waals surface area contributed by atoms with E-state index in [0.29, 0.717) is 11.6 Å². The third-order valence-corrected chi connectivity index (χ3v) is 5.55. The molecule has 2 heterocycles. The second-order valence-electron chi connectivity index (χ2n) is 7.16. The summed E-state index contributed by atoms with van der Waals surface area (Å²) in [4.78, 5) is 13.1. The van der Waals surface area contributed by atoms with Gasteiger partial charge in [0.15, 0.2) is 0 Å². The molecule has 0 spiro atoms. The predicted molar refractivity (Wildman–Crippen MR) is 104 cm³/mol. The summed E-state index contributed by atoms with van der Waals surface area (Å²) in [5.41, 5.74) is 3.44. The van der Waals surface area contributed by atoms with Gasteiger partial charge < -0.3 is 4.57 Å². The lowest BCUT2D eigenvalue weighted by Crippen LogP contribution is -2.17. The lowest BCUT2D eigenvalue weighted by atomic mass is 9.94. The van der Waals surface area contributed by atoms with Gasteiger partial charge in [0.05, 0.1) is 16.8 Å². The van der Waals surface area contributed by atoms with Crippen molar-refractivity contribution in [2.45, 2.75) is 38.1 Å². The quantitative estimate of drug-likeness (QED) is 0.524. The molecule has 4 nitrogen and oxygen atoms in total. The molecular weight excluding hydrogens is 322 g/mol. The van der Waals surface area contributed by atoms with Crippen LogP contribution >= 0.6 is 0 Å². The van der Waals surface area contributed by atoms with Gasteiger partial charge in [0.1, 0.15) is 5.69 Å². The monoisotopic (exact) mass is 343 g/mol. The Balaban J connectivity index is 1.80. The van der Waals surface area contributed by atoms with Crippen molar-refractivity contribution in [2.24, 2.45) is 0 Å². The second-order valence-corrected chi connectivity index (χ2v) is 7.16. The molecule has 3 aliphatic rings. The first kappa shape index (κ1) is 15.4. The minimum absolute atomic E-state index is 0.0403. The van der Waals surface area contributed by atoms with Crippen LogP contribution in [0.4, 0.5) is 0 Å². The zero-order valence-electron chi connectivity index (χ0n) is 14.6. The molecule has 0 bridgehead atoms. The van der Waals surface area contributed by atoms with Gasteiger partial charge in [0, 0.05) is 17.6 Å². The molecule has 2 aromatic rings. The maximum absolute atomic E-state index is 13.1. The molecule has 5 rings (SSSR count). The van der Waals surface area contributed by atoms with Crippen LogP contribution in [0.2, 0.25) is 0 Å². The van der Waals surface area contributed by atoms with Gasteiger partial charge in [-0.3, -0.25) is 4.79 Å². The van der Waals surface area contributed by atoms with Crippen LogP contribution in [0, 0.1) is 0 Å². The van der Waals surface area contributed by atoms with Crippen LogP contribution in [-0.2, 0) is 0 Å². The molecule has 2 aromatic carbocycles. The van der Waals surface area contributed by atoms with Gasteiger partial charge in [-0.2, -0.15) is 9.78 Å². The van der Waals surface area contributed by atoms with E-state index in [4.69, 9.17) is 0 Å². The number of rotatable bonds is 2. The molecule has 0 saturated heterocycles. The van der Waals surface area contributed by atoms with Gasteiger partial charge in [-0.1, -0.05) is 55.7 Å². The van der Waals surface area contributed by atoms with Gasteiger partial charge >= 0.3 is 0 Å². The Labute approximate surface area is 152 Å². The number of benzene rings is 2. The first-order chi connectivity index (χ1) is 12.8. The fourth-order valence-corrected chi connectivity index (χ4v) is 4.24. The van der Waals surface area contributed by atoms with Crippen LogP contribution in [0.15, 0.2) is 65.6 Å². The molecule has 0 amide bonds. The fourth-order valence-electron chi connectivity index (χ4n) is 4.24. The third kappa shape index (κ3) is 2.37. The van der Waals surface area contributed by atoms with E-state index >= 15 is 0 Å². The van der Waals surface area contributed by atoms with E-state index in [0.717, 1.165) is 16.8 Å². The summed E-state index contributed by atoms with van der Waals surface area (Å²) in [6, 6.07) is 18.5. The van der Waals surface area contributed by atoms with Crippen LogP contribution in [0.3, 0.4) is 0 Å². The third-order valence-electron chi connectivity index (χ3n) is 5.55. The normalized spacial score (nSPS) is 15.7. The lowest BCUT2D eigenvalue weighted by molar-refractivity contribution is 0.360. The Kier molecular flexibility index (Phi) is 3.63. The van der Waals surface area contributed by atoms with Gasteiger partial charge in [-0.15, -0.1) is 0 Å². The molecule has 1 aliphatic carbocycles. The molecular formula is C22H21N3O. The Morgan fingerprint density at radius 1 is 0.885 bits per heavy atom. The standard InChI is InChI=1S/C22H21N3O/c26-22-19-15-24(16-9-3-1-4-10-16)20-14-8-7-13-18(20)21(19)23-25(22)17-11-5-2-6-12-17/h2,5-8,11-16H,1,3-4,9-10H2. The first-order valence-corrected chi connectivity index (χ1v) is 9.41. The minimum atomic E-state index is -0.0403. The topological polar surface area (TPSA) is 39.8 Å². The summed E-state index contributed by atoms with van der Waals surface area (Å²) in [5, 5.41) is 5.75. The van der Waals surface area contributed by atoms with Crippen molar-refractivity contribution in [3.8, 4) is 16.9 Å².